The predicted molar refractivity (Wildman–Crippen MR) is 90.2 cm³/mol. The molecule has 8 heteroatoms. The molecule has 0 saturated heterocycles. The van der Waals surface area contributed by atoms with Crippen LogP contribution in [0.3, 0.4) is 0 Å². The highest BCUT2D eigenvalue weighted by Crippen LogP contribution is 2.34. The molecule has 1 aliphatic heterocycles. The summed E-state index contributed by atoms with van der Waals surface area (Å²) in [6.07, 6.45) is 2.80. The van der Waals surface area contributed by atoms with Crippen LogP contribution in [0.4, 0.5) is 0 Å². The third-order valence-electron chi connectivity index (χ3n) is 4.64. The van der Waals surface area contributed by atoms with Crippen LogP contribution in [0.5, 0.6) is 5.75 Å². The van der Waals surface area contributed by atoms with Gasteiger partial charge in [0.05, 0.1) is 17.9 Å². The number of hydrogen-bond acceptors (Lipinski definition) is 5. The van der Waals surface area contributed by atoms with Crippen LogP contribution in [0.2, 0.25) is 0 Å². The van der Waals surface area contributed by atoms with Crippen LogP contribution in [0.1, 0.15) is 30.4 Å². The predicted octanol–water partition coefficient (Wildman–Crippen LogP) is 0.776. The highest BCUT2D eigenvalue weighted by Gasteiger charge is 2.33. The second-order valence-electron chi connectivity index (χ2n) is 6.22. The van der Waals surface area contributed by atoms with Crippen molar-refractivity contribution in [3.8, 4) is 5.75 Å². The van der Waals surface area contributed by atoms with Crippen molar-refractivity contribution in [3.05, 3.63) is 29.3 Å². The van der Waals surface area contributed by atoms with Gasteiger partial charge in [0.1, 0.15) is 11.6 Å². The second kappa shape index (κ2) is 6.43. The van der Waals surface area contributed by atoms with Crippen molar-refractivity contribution in [3.63, 3.8) is 0 Å². The number of amides is 1. The van der Waals surface area contributed by atoms with Gasteiger partial charge < -0.3 is 15.8 Å². The standard InChI is InChI=1S/C16H21N3O4S/c1-18-16(20)12-6-2-4-10(12)8-23-13-7-3-5-11-9-24(21,22)19-15(17)14(11)13/h3,5,7,10,12H,2,4,6,8-9H2,1H3,(H2,17,19)(H,18,20)/t10-,12?/m0/s1. The zero-order valence-electron chi connectivity index (χ0n) is 13.5. The number of carbonyl (C=O) groups is 1. The zero-order valence-corrected chi connectivity index (χ0v) is 14.3. The summed E-state index contributed by atoms with van der Waals surface area (Å²) in [6, 6.07) is 5.21. The van der Waals surface area contributed by atoms with Gasteiger partial charge in [0, 0.05) is 18.9 Å². The molecular weight excluding hydrogens is 330 g/mol. The molecule has 1 fully saturated rings. The molecule has 24 heavy (non-hydrogen) atoms. The molecule has 3 N–H and O–H groups in total. The molecule has 1 aliphatic carbocycles. The molecule has 1 aromatic rings. The lowest BCUT2D eigenvalue weighted by Gasteiger charge is -2.22. The molecule has 1 saturated carbocycles. The van der Waals surface area contributed by atoms with Crippen molar-refractivity contribution in [2.75, 3.05) is 13.7 Å². The Hall–Kier alpha value is -2.09. The van der Waals surface area contributed by atoms with Crippen molar-refractivity contribution in [1.82, 2.24) is 5.32 Å². The fourth-order valence-electron chi connectivity index (χ4n) is 3.50. The van der Waals surface area contributed by atoms with Crippen molar-refractivity contribution in [2.45, 2.75) is 25.0 Å². The molecule has 1 heterocycles. The van der Waals surface area contributed by atoms with E-state index >= 15 is 0 Å². The second-order valence-corrected chi connectivity index (χ2v) is 7.85. The van der Waals surface area contributed by atoms with E-state index in [1.165, 1.54) is 0 Å². The van der Waals surface area contributed by atoms with E-state index in [4.69, 9.17) is 10.5 Å². The van der Waals surface area contributed by atoms with Gasteiger partial charge >= 0.3 is 0 Å². The van der Waals surface area contributed by atoms with Crippen molar-refractivity contribution >= 4 is 21.8 Å². The first-order valence-electron chi connectivity index (χ1n) is 7.96. The smallest absolute Gasteiger partial charge is 0.259 e. The lowest BCUT2D eigenvalue weighted by molar-refractivity contribution is -0.125. The topological polar surface area (TPSA) is 111 Å². The Labute approximate surface area is 141 Å². The monoisotopic (exact) mass is 351 g/mol. The number of nitrogens with one attached hydrogen (secondary N) is 1. The molecule has 0 radical (unpaired) electrons. The van der Waals surface area contributed by atoms with E-state index in [1.807, 2.05) is 0 Å². The summed E-state index contributed by atoms with van der Waals surface area (Å²) >= 11 is 0. The molecule has 130 valence electrons. The van der Waals surface area contributed by atoms with Crippen LogP contribution in [0.25, 0.3) is 0 Å². The van der Waals surface area contributed by atoms with Gasteiger partial charge in [-0.05, 0) is 24.5 Å². The number of nitrogens with two attached hydrogens (primary N) is 1. The number of rotatable bonds is 4. The quantitative estimate of drug-likeness (QED) is 0.832. The molecule has 1 aromatic carbocycles. The minimum absolute atomic E-state index is 0.0406. The summed E-state index contributed by atoms with van der Waals surface area (Å²) in [5, 5.41) is 2.70. The number of carbonyl (C=O) groups excluding carboxylic acids is 1. The number of fused-ring (bicyclic) bond motifs is 1. The van der Waals surface area contributed by atoms with Gasteiger partial charge in [0.25, 0.3) is 10.0 Å². The highest BCUT2D eigenvalue weighted by atomic mass is 32.2. The van der Waals surface area contributed by atoms with Crippen LogP contribution in [-0.2, 0) is 20.6 Å². The molecule has 0 aromatic heterocycles. The van der Waals surface area contributed by atoms with E-state index in [0.717, 1.165) is 19.3 Å². The average molecular weight is 351 g/mol. The summed E-state index contributed by atoms with van der Waals surface area (Å²) in [5.41, 5.74) is 6.97. The molecular formula is C16H21N3O4S. The van der Waals surface area contributed by atoms with E-state index in [1.54, 1.807) is 25.2 Å². The van der Waals surface area contributed by atoms with E-state index in [9.17, 15) is 13.2 Å². The van der Waals surface area contributed by atoms with E-state index in [0.29, 0.717) is 23.5 Å². The molecule has 2 aliphatic rings. The van der Waals surface area contributed by atoms with Gasteiger partial charge in [0.15, 0.2) is 0 Å². The summed E-state index contributed by atoms with van der Waals surface area (Å²) < 4.78 is 32.9. The number of sulfonamides is 1. The van der Waals surface area contributed by atoms with Crippen molar-refractivity contribution < 1.29 is 17.9 Å². The van der Waals surface area contributed by atoms with Crippen molar-refractivity contribution in [1.29, 1.82) is 0 Å². The van der Waals surface area contributed by atoms with E-state index in [-0.39, 0.29) is 29.3 Å². The van der Waals surface area contributed by atoms with Gasteiger partial charge in [-0.25, -0.2) is 8.42 Å². The van der Waals surface area contributed by atoms with Gasteiger partial charge in [-0.2, -0.15) is 0 Å². The zero-order chi connectivity index (χ0) is 17.3. The largest absolute Gasteiger partial charge is 0.492 e. The van der Waals surface area contributed by atoms with Crippen LogP contribution < -0.4 is 15.8 Å². The number of ether oxygens (including phenoxy) is 1. The Balaban J connectivity index is 1.79. The molecule has 2 atom stereocenters. The molecule has 1 unspecified atom stereocenters. The van der Waals surface area contributed by atoms with Gasteiger partial charge in [-0.3, -0.25) is 4.79 Å². The fraction of sp³-hybridized carbons (Fsp3) is 0.500. The van der Waals surface area contributed by atoms with Gasteiger partial charge in [-0.1, -0.05) is 18.6 Å². The van der Waals surface area contributed by atoms with Crippen molar-refractivity contribution in [2.24, 2.45) is 22.0 Å². The number of hydrogen-bond donors (Lipinski definition) is 2. The van der Waals surface area contributed by atoms with Gasteiger partial charge in [0.2, 0.25) is 5.91 Å². The van der Waals surface area contributed by atoms with Gasteiger partial charge in [-0.15, -0.1) is 4.40 Å². The van der Waals surface area contributed by atoms with Crippen LogP contribution in [-0.4, -0.2) is 33.8 Å². The Morgan fingerprint density at radius 3 is 2.96 bits per heavy atom. The third kappa shape index (κ3) is 3.24. The Kier molecular flexibility index (Phi) is 4.49. The number of benzene rings is 1. The van der Waals surface area contributed by atoms with Crippen LogP contribution in [0.15, 0.2) is 22.6 Å². The fourth-order valence-corrected chi connectivity index (χ4v) is 4.58. The molecule has 0 bridgehead atoms. The van der Waals surface area contributed by atoms with E-state index < -0.39 is 10.0 Å². The Morgan fingerprint density at radius 2 is 2.21 bits per heavy atom. The summed E-state index contributed by atoms with van der Waals surface area (Å²) in [4.78, 5) is 11.9. The number of nitrogens with zero attached hydrogens (tertiary/aromatic N) is 1. The Morgan fingerprint density at radius 1 is 1.42 bits per heavy atom. The molecule has 7 nitrogen and oxygen atoms in total. The SMILES string of the molecule is CNC(=O)C1CCC[C@H]1COc1cccc2c1C(N)=NS(=O)(=O)C2. The summed E-state index contributed by atoms with van der Waals surface area (Å²) in [7, 11) is -1.92. The highest BCUT2D eigenvalue weighted by molar-refractivity contribution is 7.89. The Bertz CT molecular complexity index is 789. The lowest BCUT2D eigenvalue weighted by Crippen LogP contribution is -2.32. The first-order valence-corrected chi connectivity index (χ1v) is 9.57. The van der Waals surface area contributed by atoms with Crippen LogP contribution >= 0.6 is 0 Å². The third-order valence-corrected chi connectivity index (χ3v) is 5.79. The first kappa shape index (κ1) is 16.8. The molecule has 0 spiro atoms. The maximum atomic E-state index is 11.9. The first-order chi connectivity index (χ1) is 11.4. The van der Waals surface area contributed by atoms with Crippen LogP contribution in [0, 0.1) is 11.8 Å². The lowest BCUT2D eigenvalue weighted by atomic mass is 9.96. The maximum Gasteiger partial charge on any atom is 0.259 e. The minimum Gasteiger partial charge on any atom is -0.492 e. The molecule has 1 amide bonds. The normalized spacial score (nSPS) is 24.8. The number of amidine groups is 1. The maximum absolute atomic E-state index is 11.9. The molecule has 3 rings (SSSR count). The summed E-state index contributed by atoms with van der Waals surface area (Å²) in [5.74, 6) is 0.452. The minimum atomic E-state index is -3.56. The summed E-state index contributed by atoms with van der Waals surface area (Å²) in [6.45, 7) is 0.397. The average Bonchev–Trinajstić information content (AvgIpc) is 2.99. The van der Waals surface area contributed by atoms with E-state index in [2.05, 4.69) is 9.71 Å².